The molecule has 112 valence electrons. The van der Waals surface area contributed by atoms with Crippen LogP contribution in [0.4, 0.5) is 5.69 Å². The van der Waals surface area contributed by atoms with Gasteiger partial charge in [-0.25, -0.2) is 8.42 Å². The zero-order chi connectivity index (χ0) is 15.6. The van der Waals surface area contributed by atoms with Crippen molar-refractivity contribution in [1.29, 1.82) is 0 Å². The zero-order valence-electron chi connectivity index (χ0n) is 10.3. The summed E-state index contributed by atoms with van der Waals surface area (Å²) in [7, 11) is -3.84. The van der Waals surface area contributed by atoms with Gasteiger partial charge in [0, 0.05) is 15.1 Å². The van der Waals surface area contributed by atoms with Gasteiger partial charge in [-0.15, -0.1) is 0 Å². The highest BCUT2D eigenvalue weighted by atomic mass is 79.9. The Morgan fingerprint density at radius 2 is 2.10 bits per heavy atom. The van der Waals surface area contributed by atoms with E-state index in [1.54, 1.807) is 18.2 Å². The predicted molar refractivity (Wildman–Crippen MR) is 82.5 cm³/mol. The Morgan fingerprint density at radius 3 is 2.76 bits per heavy atom. The van der Waals surface area contributed by atoms with Crippen LogP contribution in [0.15, 0.2) is 44.4 Å². The fourth-order valence-corrected chi connectivity index (χ4v) is 3.35. The lowest BCUT2D eigenvalue weighted by Gasteiger charge is -2.08. The SMILES string of the molecule is O=C(O)Cn1cc(S(=O)(=O)Nc2cc(Br)ccc2Br)cn1. The number of aliphatic carboxylic acids is 1. The van der Waals surface area contributed by atoms with Crippen molar-refractivity contribution >= 4 is 53.5 Å². The summed E-state index contributed by atoms with van der Waals surface area (Å²) in [6.07, 6.45) is 2.25. The number of anilines is 1. The molecule has 1 aromatic heterocycles. The minimum absolute atomic E-state index is 0.115. The maximum absolute atomic E-state index is 12.2. The summed E-state index contributed by atoms with van der Waals surface area (Å²) in [4.78, 5) is 10.4. The van der Waals surface area contributed by atoms with Gasteiger partial charge in [-0.05, 0) is 34.1 Å². The van der Waals surface area contributed by atoms with Gasteiger partial charge in [-0.2, -0.15) is 5.10 Å². The van der Waals surface area contributed by atoms with E-state index in [9.17, 15) is 13.2 Å². The predicted octanol–water partition coefficient (Wildman–Crippen LogP) is 2.29. The van der Waals surface area contributed by atoms with Crippen molar-refractivity contribution in [2.24, 2.45) is 0 Å². The molecule has 2 N–H and O–H groups in total. The van der Waals surface area contributed by atoms with Crippen molar-refractivity contribution in [1.82, 2.24) is 9.78 Å². The van der Waals surface area contributed by atoms with E-state index in [4.69, 9.17) is 5.11 Å². The van der Waals surface area contributed by atoms with Gasteiger partial charge in [0.25, 0.3) is 10.0 Å². The highest BCUT2D eigenvalue weighted by Gasteiger charge is 2.18. The number of nitrogens with zero attached hydrogens (tertiary/aromatic N) is 2. The van der Waals surface area contributed by atoms with Crippen LogP contribution >= 0.6 is 31.9 Å². The molecule has 0 aliphatic rings. The first kappa shape index (κ1) is 16.0. The van der Waals surface area contributed by atoms with E-state index in [1.807, 2.05) is 0 Å². The standard InChI is InChI=1S/C11H9Br2N3O4S/c12-7-1-2-9(13)10(3-7)15-21(19,20)8-4-14-16(5-8)6-11(17)18/h1-5,15H,6H2,(H,17,18). The first-order valence-corrected chi connectivity index (χ1v) is 8.57. The second kappa shape index (κ2) is 6.16. The summed E-state index contributed by atoms with van der Waals surface area (Å²) in [5, 5.41) is 12.3. The molecule has 10 heteroatoms. The second-order valence-electron chi connectivity index (χ2n) is 4.00. The topological polar surface area (TPSA) is 101 Å². The number of benzene rings is 1. The molecule has 0 unspecified atom stereocenters. The Bertz CT molecular complexity index is 789. The van der Waals surface area contributed by atoms with Gasteiger partial charge in [0.1, 0.15) is 11.4 Å². The number of carboxylic acids is 1. The molecule has 7 nitrogen and oxygen atoms in total. The van der Waals surface area contributed by atoms with Gasteiger partial charge in [0.15, 0.2) is 0 Å². The lowest BCUT2D eigenvalue weighted by Crippen LogP contribution is -2.13. The van der Waals surface area contributed by atoms with Crippen LogP contribution in [0, 0.1) is 0 Å². The van der Waals surface area contributed by atoms with E-state index >= 15 is 0 Å². The zero-order valence-corrected chi connectivity index (χ0v) is 14.3. The molecule has 0 radical (unpaired) electrons. The molecule has 0 bridgehead atoms. The van der Waals surface area contributed by atoms with Crippen molar-refractivity contribution in [2.45, 2.75) is 11.4 Å². The van der Waals surface area contributed by atoms with E-state index in [-0.39, 0.29) is 4.90 Å². The molecule has 0 saturated carbocycles. The summed E-state index contributed by atoms with van der Waals surface area (Å²) in [6, 6.07) is 5.05. The Kier molecular flexibility index (Phi) is 4.69. The van der Waals surface area contributed by atoms with E-state index < -0.39 is 22.5 Å². The third kappa shape index (κ3) is 4.05. The summed E-state index contributed by atoms with van der Waals surface area (Å²) in [5.41, 5.74) is 0.357. The number of nitrogens with one attached hydrogen (secondary N) is 1. The fraction of sp³-hybridized carbons (Fsp3) is 0.0909. The van der Waals surface area contributed by atoms with Crippen LogP contribution in [0.3, 0.4) is 0 Å². The average molecular weight is 439 g/mol. The monoisotopic (exact) mass is 437 g/mol. The fourth-order valence-electron chi connectivity index (χ4n) is 1.49. The molecule has 0 atom stereocenters. The van der Waals surface area contributed by atoms with Crippen LogP contribution in [-0.4, -0.2) is 29.3 Å². The molecule has 0 spiro atoms. The molecule has 0 fully saturated rings. The second-order valence-corrected chi connectivity index (χ2v) is 7.45. The Balaban J connectivity index is 2.28. The average Bonchev–Trinajstić information content (AvgIpc) is 2.82. The number of hydrogen-bond donors (Lipinski definition) is 2. The summed E-state index contributed by atoms with van der Waals surface area (Å²) in [5.74, 6) is -1.11. The number of carbonyl (C=O) groups is 1. The summed E-state index contributed by atoms with van der Waals surface area (Å²) < 4.78 is 29.2. The molecule has 0 aliphatic heterocycles. The summed E-state index contributed by atoms with van der Waals surface area (Å²) in [6.45, 7) is -0.407. The van der Waals surface area contributed by atoms with Crippen LogP contribution in [0.2, 0.25) is 0 Å². The minimum Gasteiger partial charge on any atom is -0.480 e. The van der Waals surface area contributed by atoms with Gasteiger partial charge in [-0.1, -0.05) is 15.9 Å². The van der Waals surface area contributed by atoms with Crippen LogP contribution in [0.5, 0.6) is 0 Å². The third-order valence-electron chi connectivity index (χ3n) is 2.39. The number of carboxylic acid groups (broad SMARTS) is 1. The maximum Gasteiger partial charge on any atom is 0.325 e. The Morgan fingerprint density at radius 1 is 1.38 bits per heavy atom. The number of hydrogen-bond acceptors (Lipinski definition) is 4. The van der Waals surface area contributed by atoms with Crippen molar-refractivity contribution in [3.63, 3.8) is 0 Å². The molecular weight excluding hydrogens is 430 g/mol. The normalized spacial score (nSPS) is 11.3. The van der Waals surface area contributed by atoms with Crippen LogP contribution < -0.4 is 4.72 Å². The lowest BCUT2D eigenvalue weighted by molar-refractivity contribution is -0.137. The van der Waals surface area contributed by atoms with Crippen molar-refractivity contribution in [2.75, 3.05) is 4.72 Å². The van der Waals surface area contributed by atoms with E-state index in [1.165, 1.54) is 0 Å². The van der Waals surface area contributed by atoms with Gasteiger partial charge >= 0.3 is 5.97 Å². The molecule has 2 rings (SSSR count). The number of halogens is 2. The molecule has 0 amide bonds. The molecule has 1 heterocycles. The quantitative estimate of drug-likeness (QED) is 0.745. The van der Waals surface area contributed by atoms with Gasteiger partial charge in [-0.3, -0.25) is 14.2 Å². The Labute approximate surface area is 137 Å². The molecule has 1 aromatic carbocycles. The van der Waals surface area contributed by atoms with Crippen LogP contribution in [0.1, 0.15) is 0 Å². The van der Waals surface area contributed by atoms with Gasteiger partial charge in [0.2, 0.25) is 0 Å². The maximum atomic E-state index is 12.2. The Hall–Kier alpha value is -1.39. The van der Waals surface area contributed by atoms with Crippen molar-refractivity contribution < 1.29 is 18.3 Å². The molecule has 21 heavy (non-hydrogen) atoms. The number of aromatic nitrogens is 2. The highest BCUT2D eigenvalue weighted by molar-refractivity contribution is 9.11. The van der Waals surface area contributed by atoms with Crippen molar-refractivity contribution in [3.8, 4) is 0 Å². The van der Waals surface area contributed by atoms with E-state index in [0.29, 0.717) is 14.6 Å². The van der Waals surface area contributed by atoms with E-state index in [2.05, 4.69) is 41.7 Å². The number of sulfonamides is 1. The minimum atomic E-state index is -3.84. The third-order valence-corrected chi connectivity index (χ3v) is 4.89. The van der Waals surface area contributed by atoms with Gasteiger partial charge in [0.05, 0.1) is 11.9 Å². The van der Waals surface area contributed by atoms with E-state index in [0.717, 1.165) is 17.1 Å². The molecular formula is C11H9Br2N3O4S. The molecule has 2 aromatic rings. The molecule has 0 aliphatic carbocycles. The highest BCUT2D eigenvalue weighted by Crippen LogP contribution is 2.28. The van der Waals surface area contributed by atoms with Crippen LogP contribution in [0.25, 0.3) is 0 Å². The smallest absolute Gasteiger partial charge is 0.325 e. The largest absolute Gasteiger partial charge is 0.480 e. The lowest BCUT2D eigenvalue weighted by atomic mass is 10.3. The molecule has 0 saturated heterocycles. The number of rotatable bonds is 5. The first-order valence-electron chi connectivity index (χ1n) is 5.50. The van der Waals surface area contributed by atoms with Gasteiger partial charge < -0.3 is 5.11 Å². The van der Waals surface area contributed by atoms with Crippen LogP contribution in [-0.2, 0) is 21.4 Å². The van der Waals surface area contributed by atoms with Crippen molar-refractivity contribution in [3.05, 3.63) is 39.5 Å². The first-order chi connectivity index (χ1) is 9.78. The summed E-state index contributed by atoms with van der Waals surface area (Å²) >= 11 is 6.50.